The van der Waals surface area contributed by atoms with E-state index in [1.54, 1.807) is 11.4 Å². The number of benzene rings is 1. The summed E-state index contributed by atoms with van der Waals surface area (Å²) >= 11 is 4.62. The molecule has 0 bridgehead atoms. The van der Waals surface area contributed by atoms with Gasteiger partial charge in [0.2, 0.25) is 0 Å². The van der Waals surface area contributed by atoms with Gasteiger partial charge in [0.05, 0.1) is 4.92 Å². The Morgan fingerprint density at radius 1 is 1.44 bits per heavy atom. The van der Waals surface area contributed by atoms with E-state index in [0.29, 0.717) is 6.54 Å². The van der Waals surface area contributed by atoms with Gasteiger partial charge in [-0.2, -0.15) is 0 Å². The highest BCUT2D eigenvalue weighted by Crippen LogP contribution is 2.24. The van der Waals surface area contributed by atoms with E-state index in [4.69, 9.17) is 0 Å². The van der Waals surface area contributed by atoms with Crippen molar-refractivity contribution in [3.8, 4) is 0 Å². The van der Waals surface area contributed by atoms with Gasteiger partial charge in [0, 0.05) is 28.2 Å². The van der Waals surface area contributed by atoms with Crippen LogP contribution in [0.25, 0.3) is 0 Å². The average molecular weight is 327 g/mol. The van der Waals surface area contributed by atoms with Gasteiger partial charge < -0.3 is 5.32 Å². The summed E-state index contributed by atoms with van der Waals surface area (Å²) < 4.78 is 1.05. The van der Waals surface area contributed by atoms with Gasteiger partial charge in [0.25, 0.3) is 0 Å². The Bertz CT molecular complexity index is 583. The normalized spacial score (nSPS) is 10.3. The van der Waals surface area contributed by atoms with Crippen molar-refractivity contribution >= 4 is 38.0 Å². The lowest BCUT2D eigenvalue weighted by Crippen LogP contribution is -1.98. The van der Waals surface area contributed by atoms with Gasteiger partial charge in [-0.15, -0.1) is 0 Å². The smallest absolute Gasteiger partial charge is 0.324 e. The molecule has 0 saturated heterocycles. The van der Waals surface area contributed by atoms with E-state index in [2.05, 4.69) is 21.2 Å². The Labute approximate surface area is 117 Å². The van der Waals surface area contributed by atoms with Crippen molar-refractivity contribution in [3.63, 3.8) is 0 Å². The molecule has 1 aromatic heterocycles. The molecule has 6 heteroatoms. The first-order chi connectivity index (χ1) is 8.56. The van der Waals surface area contributed by atoms with Crippen LogP contribution >= 0.6 is 27.3 Å². The molecule has 18 heavy (non-hydrogen) atoms. The highest BCUT2D eigenvalue weighted by molar-refractivity contribution is 9.10. The predicted octanol–water partition coefficient (Wildman–Crippen LogP) is 4.34. The summed E-state index contributed by atoms with van der Waals surface area (Å²) in [6, 6.07) is 7.60. The molecule has 0 radical (unpaired) electrons. The number of aryl methyl sites for hydroxylation is 1. The van der Waals surface area contributed by atoms with Crippen LogP contribution < -0.4 is 5.32 Å². The molecule has 0 aliphatic carbocycles. The maximum Gasteiger partial charge on any atom is 0.324 e. The highest BCUT2D eigenvalue weighted by Gasteiger charge is 2.09. The summed E-state index contributed by atoms with van der Waals surface area (Å²) in [5.74, 6) is 0. The number of thiophene rings is 1. The first-order valence-corrected chi connectivity index (χ1v) is 6.95. The van der Waals surface area contributed by atoms with Crippen LogP contribution in [0.3, 0.4) is 0 Å². The van der Waals surface area contributed by atoms with E-state index >= 15 is 0 Å². The fraction of sp³-hybridized carbons (Fsp3) is 0.167. The van der Waals surface area contributed by atoms with Gasteiger partial charge in [-0.3, -0.25) is 10.1 Å². The molecule has 0 aliphatic rings. The Kier molecular flexibility index (Phi) is 3.98. The molecule has 0 atom stereocenters. The number of nitrogens with zero attached hydrogens (tertiary/aromatic N) is 1. The Morgan fingerprint density at radius 2 is 2.22 bits per heavy atom. The van der Waals surface area contributed by atoms with Gasteiger partial charge in [0.1, 0.15) is 0 Å². The van der Waals surface area contributed by atoms with Crippen LogP contribution in [0, 0.1) is 17.0 Å². The van der Waals surface area contributed by atoms with Crippen LogP contribution in [0.1, 0.15) is 11.1 Å². The minimum absolute atomic E-state index is 0.178. The zero-order valence-corrected chi connectivity index (χ0v) is 12.0. The first kappa shape index (κ1) is 13.0. The molecule has 94 valence electrons. The zero-order valence-electron chi connectivity index (χ0n) is 9.64. The van der Waals surface area contributed by atoms with Crippen molar-refractivity contribution in [3.05, 3.63) is 55.4 Å². The second kappa shape index (κ2) is 5.49. The van der Waals surface area contributed by atoms with Gasteiger partial charge in [-0.25, -0.2) is 0 Å². The van der Waals surface area contributed by atoms with Crippen molar-refractivity contribution < 1.29 is 4.92 Å². The molecular weight excluding hydrogens is 316 g/mol. The largest absolute Gasteiger partial charge is 0.381 e. The zero-order chi connectivity index (χ0) is 13.1. The third-order valence-electron chi connectivity index (χ3n) is 2.49. The van der Waals surface area contributed by atoms with Gasteiger partial charge in [-0.05, 0) is 30.2 Å². The number of hydrogen-bond donors (Lipinski definition) is 1. The van der Waals surface area contributed by atoms with Crippen molar-refractivity contribution in [1.82, 2.24) is 0 Å². The van der Waals surface area contributed by atoms with Gasteiger partial charge in [0.15, 0.2) is 0 Å². The van der Waals surface area contributed by atoms with E-state index in [1.165, 1.54) is 5.56 Å². The third-order valence-corrected chi connectivity index (χ3v) is 4.27. The SMILES string of the molecule is Cc1ccc(NCc2csc([N+](=O)[O-])c2)cc1Br. The summed E-state index contributed by atoms with van der Waals surface area (Å²) in [6.45, 7) is 2.61. The lowest BCUT2D eigenvalue weighted by atomic mass is 10.2. The van der Waals surface area contributed by atoms with Crippen LogP contribution in [0.2, 0.25) is 0 Å². The van der Waals surface area contributed by atoms with E-state index in [1.807, 2.05) is 25.1 Å². The van der Waals surface area contributed by atoms with E-state index in [0.717, 1.165) is 27.1 Å². The Morgan fingerprint density at radius 3 is 2.83 bits per heavy atom. The summed E-state index contributed by atoms with van der Waals surface area (Å²) in [4.78, 5) is 10.2. The Balaban J connectivity index is 2.02. The van der Waals surface area contributed by atoms with Crippen molar-refractivity contribution in [2.24, 2.45) is 0 Å². The molecule has 2 aromatic rings. The third kappa shape index (κ3) is 3.08. The number of halogens is 1. The fourth-order valence-corrected chi connectivity index (χ4v) is 2.57. The molecular formula is C12H11BrN2O2S. The molecule has 1 aromatic carbocycles. The highest BCUT2D eigenvalue weighted by atomic mass is 79.9. The second-order valence-electron chi connectivity index (χ2n) is 3.87. The summed E-state index contributed by atoms with van der Waals surface area (Å²) in [5.41, 5.74) is 3.08. The van der Waals surface area contributed by atoms with Crippen LogP contribution in [0.5, 0.6) is 0 Å². The molecule has 0 unspecified atom stereocenters. The quantitative estimate of drug-likeness (QED) is 0.671. The molecule has 0 spiro atoms. The summed E-state index contributed by atoms with van der Waals surface area (Å²) in [7, 11) is 0. The number of nitro groups is 1. The van der Waals surface area contributed by atoms with Crippen molar-refractivity contribution in [2.75, 3.05) is 5.32 Å². The molecule has 0 fully saturated rings. The maximum absolute atomic E-state index is 10.6. The van der Waals surface area contributed by atoms with E-state index in [9.17, 15) is 10.1 Å². The number of rotatable bonds is 4. The molecule has 1 N–H and O–H groups in total. The summed E-state index contributed by atoms with van der Waals surface area (Å²) in [5, 5.41) is 15.8. The number of nitrogens with one attached hydrogen (secondary N) is 1. The van der Waals surface area contributed by atoms with E-state index < -0.39 is 0 Å². The number of anilines is 1. The average Bonchev–Trinajstić information content (AvgIpc) is 2.79. The minimum atomic E-state index is -0.364. The van der Waals surface area contributed by atoms with Crippen molar-refractivity contribution in [1.29, 1.82) is 0 Å². The first-order valence-electron chi connectivity index (χ1n) is 5.28. The van der Waals surface area contributed by atoms with Crippen LogP contribution in [-0.2, 0) is 6.54 Å². The van der Waals surface area contributed by atoms with Crippen molar-refractivity contribution in [2.45, 2.75) is 13.5 Å². The fourth-order valence-electron chi connectivity index (χ4n) is 1.46. The number of hydrogen-bond acceptors (Lipinski definition) is 4. The maximum atomic E-state index is 10.6. The predicted molar refractivity (Wildman–Crippen MR) is 77.2 cm³/mol. The molecule has 2 rings (SSSR count). The van der Waals surface area contributed by atoms with Gasteiger partial charge in [-0.1, -0.05) is 33.3 Å². The lowest BCUT2D eigenvalue weighted by molar-refractivity contribution is -0.380. The molecule has 4 nitrogen and oxygen atoms in total. The van der Waals surface area contributed by atoms with Crippen LogP contribution in [0.4, 0.5) is 10.7 Å². The molecule has 0 amide bonds. The molecule has 0 aliphatic heterocycles. The van der Waals surface area contributed by atoms with Crippen LogP contribution in [0.15, 0.2) is 34.1 Å². The summed E-state index contributed by atoms with van der Waals surface area (Å²) in [6.07, 6.45) is 0. The monoisotopic (exact) mass is 326 g/mol. The topological polar surface area (TPSA) is 55.2 Å². The molecule has 0 saturated carbocycles. The van der Waals surface area contributed by atoms with Crippen LogP contribution in [-0.4, -0.2) is 4.92 Å². The molecule has 1 heterocycles. The second-order valence-corrected chi connectivity index (χ2v) is 5.61. The minimum Gasteiger partial charge on any atom is -0.381 e. The van der Waals surface area contributed by atoms with E-state index in [-0.39, 0.29) is 9.92 Å². The standard InChI is InChI=1S/C12H11BrN2O2S/c1-8-2-3-10(5-11(8)13)14-6-9-4-12(15(16)17)18-7-9/h2-5,7,14H,6H2,1H3. The lowest BCUT2D eigenvalue weighted by Gasteiger charge is -2.06. The Hall–Kier alpha value is -1.40. The van der Waals surface area contributed by atoms with Gasteiger partial charge >= 0.3 is 5.00 Å².